The van der Waals surface area contributed by atoms with Gasteiger partial charge in [-0.3, -0.25) is 0 Å². The average Bonchev–Trinajstić information content (AvgIpc) is 1.86. The fraction of sp³-hybridized carbons (Fsp3) is 0.600. The van der Waals surface area contributed by atoms with E-state index < -0.39 is 0 Å². The molecular formula is C10H17N. The van der Waals surface area contributed by atoms with E-state index in [1.807, 2.05) is 6.20 Å². The zero-order chi connectivity index (χ0) is 8.48. The monoisotopic (exact) mass is 151 g/mol. The molecule has 62 valence electrons. The summed E-state index contributed by atoms with van der Waals surface area (Å²) in [6.07, 6.45) is 6.41. The van der Waals surface area contributed by atoms with E-state index in [9.17, 15) is 0 Å². The molecule has 1 N–H and O–H groups in total. The van der Waals surface area contributed by atoms with Crippen LogP contribution in [0.15, 0.2) is 23.9 Å². The van der Waals surface area contributed by atoms with Crippen LogP contribution in [-0.2, 0) is 0 Å². The van der Waals surface area contributed by atoms with Crippen LogP contribution >= 0.6 is 0 Å². The molecule has 1 heteroatoms. The highest BCUT2D eigenvalue weighted by atomic mass is 14.9. The molecule has 0 aromatic carbocycles. The molecule has 0 bridgehead atoms. The van der Waals surface area contributed by atoms with Crippen molar-refractivity contribution in [2.75, 3.05) is 0 Å². The minimum absolute atomic E-state index is 0.312. The predicted octanol–water partition coefficient (Wildman–Crippen LogP) is 2.46. The normalized spacial score (nSPS) is 24.4. The standard InChI is InChI=1S/C10H17N/c1-8-5-6-11-9(7-8)10(2,3)4/h5-7,9,11H,1-4H3/t9-/m1/s1. The third-order valence-electron chi connectivity index (χ3n) is 1.98. The van der Waals surface area contributed by atoms with Gasteiger partial charge < -0.3 is 5.32 Å². The van der Waals surface area contributed by atoms with Gasteiger partial charge in [-0.05, 0) is 24.6 Å². The van der Waals surface area contributed by atoms with Crippen molar-refractivity contribution >= 4 is 0 Å². The minimum atomic E-state index is 0.312. The highest BCUT2D eigenvalue weighted by Crippen LogP contribution is 2.23. The average molecular weight is 151 g/mol. The molecule has 0 aliphatic carbocycles. The maximum absolute atomic E-state index is 3.33. The van der Waals surface area contributed by atoms with Crippen LogP contribution in [0, 0.1) is 5.41 Å². The molecule has 0 fully saturated rings. The van der Waals surface area contributed by atoms with Crippen LogP contribution in [0.2, 0.25) is 0 Å². The highest BCUT2D eigenvalue weighted by Gasteiger charge is 2.22. The van der Waals surface area contributed by atoms with Gasteiger partial charge in [0.05, 0.1) is 0 Å². The first kappa shape index (κ1) is 8.38. The number of allylic oxidation sites excluding steroid dienone is 2. The molecule has 1 nitrogen and oxygen atoms in total. The van der Waals surface area contributed by atoms with Crippen LogP contribution in [0.5, 0.6) is 0 Å². The van der Waals surface area contributed by atoms with E-state index in [4.69, 9.17) is 0 Å². The third-order valence-corrected chi connectivity index (χ3v) is 1.98. The Balaban J connectivity index is 2.71. The number of nitrogens with one attached hydrogen (secondary N) is 1. The predicted molar refractivity (Wildman–Crippen MR) is 49.3 cm³/mol. The molecule has 0 radical (unpaired) electrons. The molecule has 0 amide bonds. The Labute approximate surface area is 69.2 Å². The Bertz CT molecular complexity index is 193. The number of hydrogen-bond donors (Lipinski definition) is 1. The van der Waals surface area contributed by atoms with E-state index in [2.05, 4.69) is 45.2 Å². The fourth-order valence-corrected chi connectivity index (χ4v) is 1.15. The van der Waals surface area contributed by atoms with Crippen molar-refractivity contribution in [1.29, 1.82) is 0 Å². The molecule has 1 aliphatic rings. The Morgan fingerprint density at radius 3 is 2.36 bits per heavy atom. The maximum atomic E-state index is 3.33. The molecule has 1 rings (SSSR count). The Morgan fingerprint density at radius 1 is 1.36 bits per heavy atom. The molecule has 1 aliphatic heterocycles. The molecule has 0 unspecified atom stereocenters. The Hall–Kier alpha value is -0.720. The first-order chi connectivity index (χ1) is 5.00. The number of hydrogen-bond acceptors (Lipinski definition) is 1. The van der Waals surface area contributed by atoms with Gasteiger partial charge in [-0.2, -0.15) is 0 Å². The van der Waals surface area contributed by atoms with Gasteiger partial charge in [0.15, 0.2) is 0 Å². The molecule has 0 aromatic rings. The third kappa shape index (κ3) is 2.11. The molecule has 0 spiro atoms. The van der Waals surface area contributed by atoms with Crippen molar-refractivity contribution < 1.29 is 0 Å². The molecule has 1 atom stereocenters. The van der Waals surface area contributed by atoms with Crippen molar-refractivity contribution in [3.05, 3.63) is 23.9 Å². The quantitative estimate of drug-likeness (QED) is 0.561. The number of rotatable bonds is 0. The van der Waals surface area contributed by atoms with Gasteiger partial charge in [-0.1, -0.05) is 32.4 Å². The second-order valence-electron chi connectivity index (χ2n) is 4.25. The summed E-state index contributed by atoms with van der Waals surface area (Å²) >= 11 is 0. The summed E-state index contributed by atoms with van der Waals surface area (Å²) in [7, 11) is 0. The van der Waals surface area contributed by atoms with Gasteiger partial charge in [-0.25, -0.2) is 0 Å². The zero-order valence-corrected chi connectivity index (χ0v) is 7.81. The smallest absolute Gasteiger partial charge is 0.0492 e. The minimum Gasteiger partial charge on any atom is -0.384 e. The molecule has 0 aromatic heterocycles. The van der Waals surface area contributed by atoms with Gasteiger partial charge >= 0.3 is 0 Å². The van der Waals surface area contributed by atoms with Crippen LogP contribution in [0.3, 0.4) is 0 Å². The Morgan fingerprint density at radius 2 is 2.00 bits per heavy atom. The molecule has 1 heterocycles. The summed E-state index contributed by atoms with van der Waals surface area (Å²) in [5.74, 6) is 0. The van der Waals surface area contributed by atoms with Gasteiger partial charge in [0.25, 0.3) is 0 Å². The van der Waals surface area contributed by atoms with Crippen LogP contribution in [-0.4, -0.2) is 6.04 Å². The second-order valence-corrected chi connectivity index (χ2v) is 4.25. The number of dihydropyridines is 1. The molecule has 0 saturated heterocycles. The molecular weight excluding hydrogens is 134 g/mol. The van der Waals surface area contributed by atoms with Crippen molar-refractivity contribution in [1.82, 2.24) is 5.32 Å². The SMILES string of the molecule is CC1=C[C@H](C(C)(C)C)NC=C1. The summed E-state index contributed by atoms with van der Waals surface area (Å²) < 4.78 is 0. The van der Waals surface area contributed by atoms with E-state index in [0.29, 0.717) is 11.5 Å². The van der Waals surface area contributed by atoms with Gasteiger partial charge in [0, 0.05) is 6.04 Å². The first-order valence-electron chi connectivity index (χ1n) is 4.11. The van der Waals surface area contributed by atoms with Crippen molar-refractivity contribution in [2.45, 2.75) is 33.7 Å². The lowest BCUT2D eigenvalue weighted by atomic mass is 9.85. The van der Waals surface area contributed by atoms with Crippen LogP contribution in [0.4, 0.5) is 0 Å². The fourth-order valence-electron chi connectivity index (χ4n) is 1.15. The summed E-state index contributed by atoms with van der Waals surface area (Å²) in [6.45, 7) is 8.87. The molecule has 0 saturated carbocycles. The zero-order valence-electron chi connectivity index (χ0n) is 7.81. The van der Waals surface area contributed by atoms with E-state index >= 15 is 0 Å². The van der Waals surface area contributed by atoms with E-state index in [1.165, 1.54) is 5.57 Å². The van der Waals surface area contributed by atoms with Gasteiger partial charge in [0.1, 0.15) is 0 Å². The topological polar surface area (TPSA) is 12.0 Å². The summed E-state index contributed by atoms with van der Waals surface area (Å²) in [6, 6.07) is 0.479. The van der Waals surface area contributed by atoms with Crippen LogP contribution in [0.1, 0.15) is 27.7 Å². The van der Waals surface area contributed by atoms with Crippen molar-refractivity contribution in [2.24, 2.45) is 5.41 Å². The lowest BCUT2D eigenvalue weighted by Crippen LogP contribution is -2.37. The van der Waals surface area contributed by atoms with Crippen molar-refractivity contribution in [3.63, 3.8) is 0 Å². The largest absolute Gasteiger partial charge is 0.384 e. The summed E-state index contributed by atoms with van der Waals surface area (Å²) in [4.78, 5) is 0. The van der Waals surface area contributed by atoms with Gasteiger partial charge in [0.2, 0.25) is 0 Å². The molecule has 11 heavy (non-hydrogen) atoms. The lowest BCUT2D eigenvalue weighted by Gasteiger charge is -2.30. The van der Waals surface area contributed by atoms with E-state index in [1.54, 1.807) is 0 Å². The highest BCUT2D eigenvalue weighted by molar-refractivity contribution is 5.23. The van der Waals surface area contributed by atoms with E-state index in [-0.39, 0.29) is 0 Å². The first-order valence-corrected chi connectivity index (χ1v) is 4.11. The summed E-state index contributed by atoms with van der Waals surface area (Å²) in [5, 5.41) is 3.33. The summed E-state index contributed by atoms with van der Waals surface area (Å²) in [5.41, 5.74) is 1.66. The maximum Gasteiger partial charge on any atom is 0.0492 e. The second kappa shape index (κ2) is 2.72. The van der Waals surface area contributed by atoms with Crippen molar-refractivity contribution in [3.8, 4) is 0 Å². The van der Waals surface area contributed by atoms with Crippen LogP contribution in [0.25, 0.3) is 0 Å². The van der Waals surface area contributed by atoms with Crippen LogP contribution < -0.4 is 5.32 Å². The Kier molecular flexibility index (Phi) is 2.08. The van der Waals surface area contributed by atoms with E-state index in [0.717, 1.165) is 0 Å². The lowest BCUT2D eigenvalue weighted by molar-refractivity contribution is 0.333. The van der Waals surface area contributed by atoms with Gasteiger partial charge in [-0.15, -0.1) is 0 Å².